The van der Waals surface area contributed by atoms with Gasteiger partial charge in [-0.3, -0.25) is 4.79 Å². The Morgan fingerprint density at radius 1 is 0.926 bits per heavy atom. The molecule has 0 heterocycles. The Morgan fingerprint density at radius 3 is 2.15 bits per heavy atom. The van der Waals surface area contributed by atoms with Crippen LogP contribution in [0.4, 0.5) is 5.69 Å². The average molecular weight is 373 g/mol. The summed E-state index contributed by atoms with van der Waals surface area (Å²) in [4.78, 5) is 24.1. The Bertz CT molecular complexity index is 742. The van der Waals surface area contributed by atoms with Crippen molar-refractivity contribution in [2.24, 2.45) is 0 Å². The van der Waals surface area contributed by atoms with Gasteiger partial charge < -0.3 is 24.3 Å². The van der Waals surface area contributed by atoms with Gasteiger partial charge in [0.15, 0.2) is 6.10 Å². The largest absolute Gasteiger partial charge is 0.497 e. The molecule has 0 unspecified atom stereocenters. The molecule has 0 saturated carbocycles. The topological polar surface area (TPSA) is 83.1 Å². The van der Waals surface area contributed by atoms with Crippen molar-refractivity contribution in [3.05, 3.63) is 54.1 Å². The van der Waals surface area contributed by atoms with Crippen molar-refractivity contribution in [3.8, 4) is 11.5 Å². The van der Waals surface area contributed by atoms with E-state index < -0.39 is 12.1 Å². The first-order valence-corrected chi connectivity index (χ1v) is 8.41. The Balaban J connectivity index is 1.89. The van der Waals surface area contributed by atoms with Gasteiger partial charge in [0.25, 0.3) is 5.91 Å². The molecular formula is C20H23NO6. The smallest absolute Gasteiger partial charge is 0.347 e. The van der Waals surface area contributed by atoms with Crippen LogP contribution in [0.3, 0.4) is 0 Å². The van der Waals surface area contributed by atoms with E-state index in [0.29, 0.717) is 29.4 Å². The minimum absolute atomic E-state index is 0.174. The van der Waals surface area contributed by atoms with Crippen LogP contribution in [0.1, 0.15) is 17.3 Å². The predicted octanol–water partition coefficient (Wildman–Crippen LogP) is 2.90. The molecule has 27 heavy (non-hydrogen) atoms. The van der Waals surface area contributed by atoms with Crippen LogP contribution in [-0.4, -0.2) is 45.4 Å². The summed E-state index contributed by atoms with van der Waals surface area (Å²) in [5.41, 5.74) is 1.13. The molecule has 2 aromatic rings. The monoisotopic (exact) mass is 373 g/mol. The molecule has 0 saturated heterocycles. The second kappa shape index (κ2) is 10.2. The molecule has 2 aromatic carbocycles. The van der Waals surface area contributed by atoms with Gasteiger partial charge in [-0.2, -0.15) is 0 Å². The predicted molar refractivity (Wildman–Crippen MR) is 100 cm³/mol. The Kier molecular flexibility index (Phi) is 7.63. The van der Waals surface area contributed by atoms with Gasteiger partial charge in [0.2, 0.25) is 0 Å². The zero-order chi connectivity index (χ0) is 19.6. The highest BCUT2D eigenvalue weighted by molar-refractivity contribution is 6.04. The van der Waals surface area contributed by atoms with Crippen molar-refractivity contribution in [1.82, 2.24) is 0 Å². The summed E-state index contributed by atoms with van der Waals surface area (Å²) in [6.45, 7) is 2.10. The van der Waals surface area contributed by atoms with Gasteiger partial charge in [-0.1, -0.05) is 0 Å². The Hall–Kier alpha value is -3.06. The lowest BCUT2D eigenvalue weighted by Crippen LogP contribution is -2.27. The maximum atomic E-state index is 12.3. The van der Waals surface area contributed by atoms with Crippen LogP contribution in [0.2, 0.25) is 0 Å². The second-order valence-electron chi connectivity index (χ2n) is 5.63. The molecule has 1 N–H and O–H groups in total. The summed E-state index contributed by atoms with van der Waals surface area (Å²) in [6, 6.07) is 13.5. The number of carbonyl (C=O) groups is 2. The highest BCUT2D eigenvalue weighted by atomic mass is 16.6. The average Bonchev–Trinajstić information content (AvgIpc) is 2.69. The first-order chi connectivity index (χ1) is 13.0. The third-order valence-corrected chi connectivity index (χ3v) is 3.64. The molecule has 0 aromatic heterocycles. The Labute approximate surface area is 158 Å². The number of carbonyl (C=O) groups excluding carboxylic acids is 2. The number of ether oxygens (including phenoxy) is 4. The summed E-state index contributed by atoms with van der Waals surface area (Å²) in [6.07, 6.45) is -0.763. The number of hydrogen-bond donors (Lipinski definition) is 1. The fourth-order valence-corrected chi connectivity index (χ4v) is 2.16. The van der Waals surface area contributed by atoms with E-state index in [2.05, 4.69) is 5.32 Å². The van der Waals surface area contributed by atoms with Gasteiger partial charge in [0, 0.05) is 18.4 Å². The SMILES string of the molecule is COCCOC(=O)[C@@H](C)Oc1ccc(C(=O)Nc2ccc(OC)cc2)cc1. The van der Waals surface area contributed by atoms with Gasteiger partial charge >= 0.3 is 5.97 Å². The zero-order valence-corrected chi connectivity index (χ0v) is 15.6. The van der Waals surface area contributed by atoms with Crippen LogP contribution in [0.5, 0.6) is 11.5 Å². The maximum absolute atomic E-state index is 12.3. The van der Waals surface area contributed by atoms with Crippen LogP contribution in [0.15, 0.2) is 48.5 Å². The van der Waals surface area contributed by atoms with E-state index in [1.165, 1.54) is 7.11 Å². The van der Waals surface area contributed by atoms with Crippen LogP contribution >= 0.6 is 0 Å². The summed E-state index contributed by atoms with van der Waals surface area (Å²) in [7, 11) is 3.11. The molecule has 0 radical (unpaired) electrons. The van der Waals surface area contributed by atoms with Gasteiger partial charge in [0.05, 0.1) is 13.7 Å². The molecule has 0 aliphatic rings. The van der Waals surface area contributed by atoms with E-state index >= 15 is 0 Å². The molecule has 0 aliphatic heterocycles. The first-order valence-electron chi connectivity index (χ1n) is 8.41. The lowest BCUT2D eigenvalue weighted by molar-refractivity contribution is -0.152. The molecule has 2 rings (SSSR count). The number of rotatable bonds is 9. The van der Waals surface area contributed by atoms with Gasteiger partial charge in [-0.15, -0.1) is 0 Å². The fraction of sp³-hybridized carbons (Fsp3) is 0.300. The molecule has 144 valence electrons. The number of methoxy groups -OCH3 is 2. The summed E-state index contributed by atoms with van der Waals surface area (Å²) in [5, 5.41) is 2.80. The van der Waals surface area contributed by atoms with E-state index in [9.17, 15) is 9.59 Å². The minimum Gasteiger partial charge on any atom is -0.497 e. The summed E-state index contributed by atoms with van der Waals surface area (Å²) in [5.74, 6) is 0.448. The van der Waals surface area contributed by atoms with Crippen molar-refractivity contribution in [1.29, 1.82) is 0 Å². The molecule has 7 heteroatoms. The highest BCUT2D eigenvalue weighted by Crippen LogP contribution is 2.18. The van der Waals surface area contributed by atoms with Gasteiger partial charge in [-0.25, -0.2) is 4.79 Å². The summed E-state index contributed by atoms with van der Waals surface area (Å²) >= 11 is 0. The lowest BCUT2D eigenvalue weighted by Gasteiger charge is -2.14. The lowest BCUT2D eigenvalue weighted by atomic mass is 10.2. The van der Waals surface area contributed by atoms with Gasteiger partial charge in [-0.05, 0) is 55.5 Å². The highest BCUT2D eigenvalue weighted by Gasteiger charge is 2.16. The standard InChI is InChI=1S/C20H23NO6/c1-14(20(23)26-13-12-24-2)27-18-8-4-15(5-9-18)19(22)21-16-6-10-17(25-3)11-7-16/h4-11,14H,12-13H2,1-3H3,(H,21,22)/t14-/m1/s1. The van der Waals surface area contributed by atoms with E-state index in [0.717, 1.165) is 0 Å². The molecule has 0 bridgehead atoms. The number of hydrogen-bond acceptors (Lipinski definition) is 6. The maximum Gasteiger partial charge on any atom is 0.347 e. The van der Waals surface area contributed by atoms with Gasteiger partial charge in [0.1, 0.15) is 18.1 Å². The third-order valence-electron chi connectivity index (χ3n) is 3.64. The molecular weight excluding hydrogens is 350 g/mol. The molecule has 0 fully saturated rings. The van der Waals surface area contributed by atoms with Crippen LogP contribution in [-0.2, 0) is 14.3 Å². The molecule has 1 atom stereocenters. The van der Waals surface area contributed by atoms with Crippen molar-refractivity contribution in [2.75, 3.05) is 32.8 Å². The first kappa shape index (κ1) is 20.3. The van der Waals surface area contributed by atoms with Crippen molar-refractivity contribution >= 4 is 17.6 Å². The normalized spacial score (nSPS) is 11.4. The van der Waals surface area contributed by atoms with Crippen LogP contribution < -0.4 is 14.8 Å². The van der Waals surface area contributed by atoms with Crippen molar-refractivity contribution < 1.29 is 28.5 Å². The molecule has 1 amide bonds. The zero-order valence-electron chi connectivity index (χ0n) is 15.6. The van der Waals surface area contributed by atoms with E-state index in [-0.39, 0.29) is 12.5 Å². The van der Waals surface area contributed by atoms with Crippen molar-refractivity contribution in [2.45, 2.75) is 13.0 Å². The third kappa shape index (κ3) is 6.31. The van der Waals surface area contributed by atoms with Crippen LogP contribution in [0, 0.1) is 0 Å². The number of anilines is 1. The molecule has 0 spiro atoms. The molecule has 7 nitrogen and oxygen atoms in total. The van der Waals surface area contributed by atoms with E-state index in [1.54, 1.807) is 62.6 Å². The number of esters is 1. The Morgan fingerprint density at radius 2 is 1.56 bits per heavy atom. The quantitative estimate of drug-likeness (QED) is 0.538. The minimum atomic E-state index is -0.763. The second-order valence-corrected chi connectivity index (χ2v) is 5.63. The number of amides is 1. The number of benzene rings is 2. The van der Waals surface area contributed by atoms with E-state index in [1.807, 2.05) is 0 Å². The van der Waals surface area contributed by atoms with E-state index in [4.69, 9.17) is 18.9 Å². The number of nitrogens with one attached hydrogen (secondary N) is 1. The van der Waals surface area contributed by atoms with Crippen molar-refractivity contribution in [3.63, 3.8) is 0 Å². The van der Waals surface area contributed by atoms with Crippen LogP contribution in [0.25, 0.3) is 0 Å². The summed E-state index contributed by atoms with van der Waals surface area (Å²) < 4.78 is 20.4. The molecule has 0 aliphatic carbocycles. The fourth-order valence-electron chi connectivity index (χ4n) is 2.16.